The number of rotatable bonds is 6. The summed E-state index contributed by atoms with van der Waals surface area (Å²) in [4.78, 5) is 2.32. The van der Waals surface area contributed by atoms with Gasteiger partial charge in [0.15, 0.2) is 9.84 Å². The van der Waals surface area contributed by atoms with Crippen LogP contribution in [-0.4, -0.2) is 44.4 Å². The number of fused-ring (bicyclic) bond motifs is 1. The van der Waals surface area contributed by atoms with Crippen molar-refractivity contribution >= 4 is 9.84 Å². The Bertz CT molecular complexity index is 983. The molecule has 0 amide bonds. The molecule has 0 radical (unpaired) electrons. The minimum Gasteiger partial charge on any atom is -0.484 e. The maximum absolute atomic E-state index is 12.4. The SMILES string of the molecule is O=S(=O)(CCC(F)(F)F)c1ccc(O[C@@H]2c3ccccc3C[C@H]2N2CCCC2)cc1. The highest BCUT2D eigenvalue weighted by Gasteiger charge is 2.38. The van der Waals surface area contributed by atoms with Crippen molar-refractivity contribution < 1.29 is 26.3 Å². The molecule has 2 atom stereocenters. The molecule has 4 nitrogen and oxygen atoms in total. The van der Waals surface area contributed by atoms with Crippen LogP contribution >= 0.6 is 0 Å². The van der Waals surface area contributed by atoms with Crippen molar-refractivity contribution in [1.29, 1.82) is 0 Å². The van der Waals surface area contributed by atoms with E-state index in [0.717, 1.165) is 25.1 Å². The lowest BCUT2D eigenvalue weighted by atomic mass is 10.1. The highest BCUT2D eigenvalue weighted by atomic mass is 32.2. The molecule has 0 bridgehead atoms. The summed E-state index contributed by atoms with van der Waals surface area (Å²) in [5.74, 6) is -0.445. The monoisotopic (exact) mass is 439 g/mol. The highest BCUT2D eigenvalue weighted by Crippen LogP contribution is 2.39. The van der Waals surface area contributed by atoms with Gasteiger partial charge in [0, 0.05) is 0 Å². The van der Waals surface area contributed by atoms with Crippen molar-refractivity contribution in [2.45, 2.75) is 48.9 Å². The van der Waals surface area contributed by atoms with E-state index in [2.05, 4.69) is 17.0 Å². The topological polar surface area (TPSA) is 46.6 Å². The lowest BCUT2D eigenvalue weighted by Crippen LogP contribution is -2.38. The maximum Gasteiger partial charge on any atom is 0.390 e. The lowest BCUT2D eigenvalue weighted by Gasteiger charge is -2.30. The Labute approximate surface area is 174 Å². The molecule has 0 spiro atoms. The third kappa shape index (κ3) is 4.64. The molecule has 1 heterocycles. The zero-order chi connectivity index (χ0) is 21.4. The standard InChI is InChI=1S/C22H24F3NO3S/c23-22(24,25)11-14-30(27,28)18-9-7-17(8-10-18)29-21-19-6-2-1-5-16(19)15-20(21)26-12-3-4-13-26/h1-2,5-10,20-21H,3-4,11-15H2/t20-,21-/m1/s1. The predicted octanol–water partition coefficient (Wildman–Crippen LogP) is 4.55. The van der Waals surface area contributed by atoms with E-state index in [1.165, 1.54) is 42.7 Å². The van der Waals surface area contributed by atoms with Crippen LogP contribution in [0.3, 0.4) is 0 Å². The van der Waals surface area contributed by atoms with Gasteiger partial charge in [-0.1, -0.05) is 24.3 Å². The number of alkyl halides is 3. The fraction of sp³-hybridized carbons (Fsp3) is 0.455. The second-order valence-corrected chi connectivity index (χ2v) is 10.0. The quantitative estimate of drug-likeness (QED) is 0.662. The van der Waals surface area contributed by atoms with Gasteiger partial charge in [0.25, 0.3) is 0 Å². The van der Waals surface area contributed by atoms with Crippen LogP contribution in [0.1, 0.15) is 36.5 Å². The number of sulfone groups is 1. The van der Waals surface area contributed by atoms with Crippen molar-refractivity contribution in [1.82, 2.24) is 4.90 Å². The van der Waals surface area contributed by atoms with E-state index >= 15 is 0 Å². The largest absolute Gasteiger partial charge is 0.484 e. The number of hydrogen-bond acceptors (Lipinski definition) is 4. The Morgan fingerprint density at radius 3 is 2.33 bits per heavy atom. The van der Waals surface area contributed by atoms with Crippen LogP contribution in [-0.2, 0) is 16.3 Å². The summed E-state index contributed by atoms with van der Waals surface area (Å²) < 4.78 is 67.8. The molecule has 1 saturated heterocycles. The number of halogens is 3. The van der Waals surface area contributed by atoms with Crippen LogP contribution in [0.5, 0.6) is 5.75 Å². The van der Waals surface area contributed by atoms with E-state index in [-0.39, 0.29) is 17.0 Å². The van der Waals surface area contributed by atoms with Crippen LogP contribution < -0.4 is 4.74 Å². The average molecular weight is 439 g/mol. The van der Waals surface area contributed by atoms with Gasteiger partial charge in [-0.25, -0.2) is 8.42 Å². The Morgan fingerprint density at radius 1 is 1.00 bits per heavy atom. The third-order valence-corrected chi connectivity index (χ3v) is 7.58. The molecule has 0 aromatic heterocycles. The van der Waals surface area contributed by atoms with Crippen molar-refractivity contribution in [3.8, 4) is 5.75 Å². The fourth-order valence-electron chi connectivity index (χ4n) is 4.31. The van der Waals surface area contributed by atoms with Gasteiger partial charge >= 0.3 is 6.18 Å². The van der Waals surface area contributed by atoms with Crippen LogP contribution in [0.2, 0.25) is 0 Å². The van der Waals surface area contributed by atoms with E-state index < -0.39 is 28.2 Å². The first-order valence-electron chi connectivity index (χ1n) is 10.1. The summed E-state index contributed by atoms with van der Waals surface area (Å²) >= 11 is 0. The number of hydrogen-bond donors (Lipinski definition) is 0. The van der Waals surface area contributed by atoms with Crippen LogP contribution in [0.15, 0.2) is 53.4 Å². The van der Waals surface area contributed by atoms with E-state index in [0.29, 0.717) is 5.75 Å². The normalized spacial score (nSPS) is 22.2. The second-order valence-electron chi connectivity index (χ2n) is 7.91. The van der Waals surface area contributed by atoms with E-state index in [1.54, 1.807) is 0 Å². The molecule has 1 fully saturated rings. The minimum absolute atomic E-state index is 0.123. The first-order valence-corrected chi connectivity index (χ1v) is 11.8. The van der Waals surface area contributed by atoms with Crippen molar-refractivity contribution in [2.24, 2.45) is 0 Å². The van der Waals surface area contributed by atoms with E-state index in [1.807, 2.05) is 12.1 Å². The van der Waals surface area contributed by atoms with Crippen LogP contribution in [0.25, 0.3) is 0 Å². The molecule has 0 saturated carbocycles. The van der Waals surface area contributed by atoms with Gasteiger partial charge in [0.2, 0.25) is 0 Å². The van der Waals surface area contributed by atoms with Crippen molar-refractivity contribution in [3.63, 3.8) is 0 Å². The zero-order valence-electron chi connectivity index (χ0n) is 16.4. The Hall–Kier alpha value is -2.06. The number of benzene rings is 2. The zero-order valence-corrected chi connectivity index (χ0v) is 17.3. The average Bonchev–Trinajstić information content (AvgIpc) is 3.35. The number of likely N-dealkylation sites (tertiary alicyclic amines) is 1. The van der Waals surface area contributed by atoms with Gasteiger partial charge < -0.3 is 4.74 Å². The van der Waals surface area contributed by atoms with Gasteiger partial charge in [-0.2, -0.15) is 13.2 Å². The summed E-state index contributed by atoms with van der Waals surface area (Å²) in [5.41, 5.74) is 2.39. The number of nitrogens with zero attached hydrogens (tertiary/aromatic N) is 1. The predicted molar refractivity (Wildman–Crippen MR) is 107 cm³/mol. The molecule has 1 aliphatic heterocycles. The van der Waals surface area contributed by atoms with Gasteiger partial charge in [0.05, 0.1) is 23.1 Å². The third-order valence-electron chi connectivity index (χ3n) is 5.85. The van der Waals surface area contributed by atoms with E-state index in [4.69, 9.17) is 4.74 Å². The van der Waals surface area contributed by atoms with E-state index in [9.17, 15) is 21.6 Å². The molecule has 0 N–H and O–H groups in total. The molecule has 0 unspecified atom stereocenters. The second kappa shape index (κ2) is 8.23. The Balaban J connectivity index is 1.51. The smallest absolute Gasteiger partial charge is 0.390 e. The van der Waals surface area contributed by atoms with Gasteiger partial charge in [-0.15, -0.1) is 0 Å². The minimum atomic E-state index is -4.50. The molecule has 1 aliphatic carbocycles. The molecular weight excluding hydrogens is 415 g/mol. The molecule has 8 heteroatoms. The van der Waals surface area contributed by atoms with Gasteiger partial charge in [-0.3, -0.25) is 4.90 Å². The van der Waals surface area contributed by atoms with Crippen LogP contribution in [0.4, 0.5) is 13.2 Å². The Kier molecular flexibility index (Phi) is 5.81. The lowest BCUT2D eigenvalue weighted by molar-refractivity contribution is -0.129. The first-order chi connectivity index (χ1) is 14.2. The summed E-state index contributed by atoms with van der Waals surface area (Å²) in [7, 11) is -3.99. The molecule has 4 rings (SSSR count). The van der Waals surface area contributed by atoms with Gasteiger partial charge in [-0.05, 0) is 67.7 Å². The molecule has 2 aromatic rings. The number of ether oxygens (including phenoxy) is 1. The van der Waals surface area contributed by atoms with Gasteiger partial charge in [0.1, 0.15) is 11.9 Å². The highest BCUT2D eigenvalue weighted by molar-refractivity contribution is 7.91. The molecule has 2 aliphatic rings. The maximum atomic E-state index is 12.4. The fourth-order valence-corrected chi connectivity index (χ4v) is 5.60. The molecule has 30 heavy (non-hydrogen) atoms. The van der Waals surface area contributed by atoms with Crippen molar-refractivity contribution in [2.75, 3.05) is 18.8 Å². The van der Waals surface area contributed by atoms with Crippen LogP contribution in [0, 0.1) is 0 Å². The Morgan fingerprint density at radius 2 is 1.67 bits per heavy atom. The first kappa shape index (κ1) is 21.2. The molecule has 162 valence electrons. The summed E-state index contributed by atoms with van der Waals surface area (Å²) in [6.07, 6.45) is -2.77. The molecular formula is C22H24F3NO3S. The summed E-state index contributed by atoms with van der Waals surface area (Å²) in [5, 5.41) is 0. The van der Waals surface area contributed by atoms with Crippen molar-refractivity contribution in [3.05, 3.63) is 59.7 Å². The molecule has 2 aromatic carbocycles. The summed E-state index contributed by atoms with van der Waals surface area (Å²) in [6, 6.07) is 14.1. The summed E-state index contributed by atoms with van der Waals surface area (Å²) in [6.45, 7) is 2.07.